The molecule has 1 aliphatic rings. The van der Waals surface area contributed by atoms with Crippen LogP contribution in [0.25, 0.3) is 22.4 Å². The van der Waals surface area contributed by atoms with Crippen molar-refractivity contribution in [3.63, 3.8) is 0 Å². The highest BCUT2D eigenvalue weighted by Gasteiger charge is 2.15. The molecule has 1 fully saturated rings. The van der Waals surface area contributed by atoms with Gasteiger partial charge in [0.15, 0.2) is 0 Å². The third-order valence-electron chi connectivity index (χ3n) is 4.34. The average Bonchev–Trinajstić information content (AvgIpc) is 3.00. The number of rotatable bonds is 4. The van der Waals surface area contributed by atoms with Crippen molar-refractivity contribution in [2.75, 3.05) is 32.8 Å². The number of imidazole rings is 1. The minimum atomic E-state index is 0.835. The fourth-order valence-corrected chi connectivity index (χ4v) is 3.09. The fourth-order valence-electron chi connectivity index (χ4n) is 3.09. The molecular formula is C18H20N4O. The van der Waals surface area contributed by atoms with Crippen LogP contribution < -0.4 is 0 Å². The van der Waals surface area contributed by atoms with Crippen molar-refractivity contribution in [1.29, 1.82) is 0 Å². The van der Waals surface area contributed by atoms with E-state index in [4.69, 9.17) is 9.72 Å². The zero-order valence-electron chi connectivity index (χ0n) is 13.1. The van der Waals surface area contributed by atoms with Crippen LogP contribution in [-0.4, -0.2) is 52.3 Å². The van der Waals surface area contributed by atoms with Crippen molar-refractivity contribution < 1.29 is 4.74 Å². The van der Waals surface area contributed by atoms with Gasteiger partial charge in [-0.2, -0.15) is 0 Å². The number of nitrogens with zero attached hydrogens (tertiary/aromatic N) is 4. The van der Waals surface area contributed by atoms with E-state index in [0.717, 1.165) is 56.3 Å². The van der Waals surface area contributed by atoms with Crippen LogP contribution in [-0.2, 0) is 11.3 Å². The Morgan fingerprint density at radius 2 is 1.74 bits per heavy atom. The first-order chi connectivity index (χ1) is 11.4. The summed E-state index contributed by atoms with van der Waals surface area (Å²) in [6.07, 6.45) is 3.64. The summed E-state index contributed by atoms with van der Waals surface area (Å²) in [6, 6.07) is 12.4. The Bertz CT molecular complexity index is 778. The monoisotopic (exact) mass is 308 g/mol. The van der Waals surface area contributed by atoms with Crippen LogP contribution >= 0.6 is 0 Å². The Labute approximate surface area is 135 Å². The maximum Gasteiger partial charge on any atom is 0.141 e. The fraction of sp³-hybridized carbons (Fsp3) is 0.333. The van der Waals surface area contributed by atoms with E-state index in [1.165, 1.54) is 5.52 Å². The molecule has 3 aromatic rings. The molecule has 118 valence electrons. The Hall–Kier alpha value is -2.24. The van der Waals surface area contributed by atoms with Crippen molar-refractivity contribution in [1.82, 2.24) is 19.4 Å². The molecule has 4 rings (SSSR count). The maximum atomic E-state index is 5.43. The van der Waals surface area contributed by atoms with E-state index >= 15 is 0 Å². The number of para-hydroxylation sites is 2. The summed E-state index contributed by atoms with van der Waals surface area (Å²) in [4.78, 5) is 11.4. The molecule has 3 heterocycles. The van der Waals surface area contributed by atoms with Gasteiger partial charge in [0.2, 0.25) is 0 Å². The van der Waals surface area contributed by atoms with Crippen LogP contribution in [0.3, 0.4) is 0 Å². The SMILES string of the molecule is c1ccc2c(c1)nc(-c1ccncc1)n2CCN1CCOCC1. The Morgan fingerprint density at radius 1 is 0.957 bits per heavy atom. The molecule has 5 nitrogen and oxygen atoms in total. The lowest BCUT2D eigenvalue weighted by atomic mass is 10.2. The van der Waals surface area contributed by atoms with Crippen molar-refractivity contribution in [3.05, 3.63) is 48.8 Å². The van der Waals surface area contributed by atoms with Gasteiger partial charge in [0.25, 0.3) is 0 Å². The van der Waals surface area contributed by atoms with Crippen LogP contribution in [0.2, 0.25) is 0 Å². The molecule has 5 heteroatoms. The van der Waals surface area contributed by atoms with Gasteiger partial charge in [0.05, 0.1) is 24.2 Å². The lowest BCUT2D eigenvalue weighted by molar-refractivity contribution is 0.0366. The average molecular weight is 308 g/mol. The van der Waals surface area contributed by atoms with E-state index in [2.05, 4.69) is 32.7 Å². The Balaban J connectivity index is 1.68. The minimum Gasteiger partial charge on any atom is -0.379 e. The number of pyridine rings is 1. The molecule has 0 bridgehead atoms. The highest BCUT2D eigenvalue weighted by Crippen LogP contribution is 2.24. The molecule has 0 N–H and O–H groups in total. The highest BCUT2D eigenvalue weighted by atomic mass is 16.5. The third kappa shape index (κ3) is 2.98. The second-order valence-corrected chi connectivity index (χ2v) is 5.77. The smallest absolute Gasteiger partial charge is 0.141 e. The summed E-state index contributed by atoms with van der Waals surface area (Å²) in [7, 11) is 0. The molecule has 0 saturated carbocycles. The largest absolute Gasteiger partial charge is 0.379 e. The molecule has 23 heavy (non-hydrogen) atoms. The van der Waals surface area contributed by atoms with Crippen molar-refractivity contribution in [3.8, 4) is 11.4 Å². The molecule has 0 atom stereocenters. The zero-order chi connectivity index (χ0) is 15.5. The number of ether oxygens (including phenoxy) is 1. The van der Waals surface area contributed by atoms with E-state index < -0.39 is 0 Å². The lowest BCUT2D eigenvalue weighted by Gasteiger charge is -2.27. The van der Waals surface area contributed by atoms with Crippen molar-refractivity contribution in [2.24, 2.45) is 0 Å². The number of fused-ring (bicyclic) bond motifs is 1. The summed E-state index contributed by atoms with van der Waals surface area (Å²) in [5, 5.41) is 0. The minimum absolute atomic E-state index is 0.835. The lowest BCUT2D eigenvalue weighted by Crippen LogP contribution is -2.38. The number of hydrogen-bond donors (Lipinski definition) is 0. The first-order valence-corrected chi connectivity index (χ1v) is 8.07. The normalized spacial score (nSPS) is 16.0. The van der Waals surface area contributed by atoms with Crippen LogP contribution in [0, 0.1) is 0 Å². The van der Waals surface area contributed by atoms with Gasteiger partial charge in [-0.1, -0.05) is 12.1 Å². The molecule has 1 aliphatic heterocycles. The van der Waals surface area contributed by atoms with E-state index in [0.29, 0.717) is 0 Å². The number of morpholine rings is 1. The first kappa shape index (κ1) is 14.4. The van der Waals surface area contributed by atoms with Gasteiger partial charge in [0, 0.05) is 44.1 Å². The quantitative estimate of drug-likeness (QED) is 0.742. The number of benzene rings is 1. The summed E-state index contributed by atoms with van der Waals surface area (Å²) in [5.74, 6) is 1.02. The van der Waals surface area contributed by atoms with Crippen LogP contribution in [0.1, 0.15) is 0 Å². The standard InChI is InChI=1S/C18H20N4O/c1-2-4-17-16(3-1)20-18(15-5-7-19-8-6-15)22(17)10-9-21-11-13-23-14-12-21/h1-8H,9-14H2. The molecule has 0 aliphatic carbocycles. The van der Waals surface area contributed by atoms with E-state index in [-0.39, 0.29) is 0 Å². The maximum absolute atomic E-state index is 5.43. The van der Waals surface area contributed by atoms with Gasteiger partial charge in [0.1, 0.15) is 5.82 Å². The summed E-state index contributed by atoms with van der Waals surface area (Å²) in [6.45, 7) is 5.64. The molecule has 2 aromatic heterocycles. The summed E-state index contributed by atoms with van der Waals surface area (Å²) < 4.78 is 7.75. The zero-order valence-corrected chi connectivity index (χ0v) is 13.1. The van der Waals surface area contributed by atoms with Gasteiger partial charge in [-0.3, -0.25) is 9.88 Å². The molecule has 0 spiro atoms. The second-order valence-electron chi connectivity index (χ2n) is 5.77. The predicted molar refractivity (Wildman–Crippen MR) is 90.2 cm³/mol. The van der Waals surface area contributed by atoms with E-state index in [1.54, 1.807) is 0 Å². The van der Waals surface area contributed by atoms with Crippen molar-refractivity contribution in [2.45, 2.75) is 6.54 Å². The van der Waals surface area contributed by atoms with Crippen LogP contribution in [0.4, 0.5) is 0 Å². The number of hydrogen-bond acceptors (Lipinski definition) is 4. The first-order valence-electron chi connectivity index (χ1n) is 8.07. The van der Waals surface area contributed by atoms with Gasteiger partial charge >= 0.3 is 0 Å². The highest BCUT2D eigenvalue weighted by molar-refractivity contribution is 5.80. The Kier molecular flexibility index (Phi) is 4.05. The molecule has 0 unspecified atom stereocenters. The summed E-state index contributed by atoms with van der Waals surface area (Å²) in [5.41, 5.74) is 3.34. The van der Waals surface area contributed by atoms with Gasteiger partial charge < -0.3 is 9.30 Å². The topological polar surface area (TPSA) is 43.2 Å². The molecule has 0 radical (unpaired) electrons. The predicted octanol–water partition coefficient (Wildman–Crippen LogP) is 2.43. The van der Waals surface area contributed by atoms with E-state index in [9.17, 15) is 0 Å². The van der Waals surface area contributed by atoms with Crippen LogP contribution in [0.15, 0.2) is 48.8 Å². The molecule has 0 amide bonds. The third-order valence-corrected chi connectivity index (χ3v) is 4.34. The summed E-state index contributed by atoms with van der Waals surface area (Å²) >= 11 is 0. The van der Waals surface area contributed by atoms with Gasteiger partial charge in [-0.15, -0.1) is 0 Å². The van der Waals surface area contributed by atoms with E-state index in [1.807, 2.05) is 30.6 Å². The second kappa shape index (κ2) is 6.48. The van der Waals surface area contributed by atoms with Crippen LogP contribution in [0.5, 0.6) is 0 Å². The molecule has 1 aromatic carbocycles. The van der Waals surface area contributed by atoms with Gasteiger partial charge in [-0.25, -0.2) is 4.98 Å². The van der Waals surface area contributed by atoms with Crippen molar-refractivity contribution >= 4 is 11.0 Å². The van der Waals surface area contributed by atoms with Gasteiger partial charge in [-0.05, 0) is 24.3 Å². The number of aromatic nitrogens is 3. The molecular weight excluding hydrogens is 288 g/mol. The Morgan fingerprint density at radius 3 is 2.57 bits per heavy atom. The molecule has 1 saturated heterocycles.